The molecule has 1 aliphatic rings. The highest BCUT2D eigenvalue weighted by Gasteiger charge is 2.66. The van der Waals surface area contributed by atoms with Gasteiger partial charge in [-0.15, -0.1) is 0 Å². The third-order valence-electron chi connectivity index (χ3n) is 5.61. The summed E-state index contributed by atoms with van der Waals surface area (Å²) in [6.45, 7) is 0. The van der Waals surface area contributed by atoms with E-state index in [-0.39, 0.29) is 16.9 Å². The van der Waals surface area contributed by atoms with Crippen LogP contribution in [0.15, 0.2) is 66.7 Å². The van der Waals surface area contributed by atoms with Gasteiger partial charge in [0.1, 0.15) is 11.7 Å². The van der Waals surface area contributed by atoms with Gasteiger partial charge in [0.15, 0.2) is 5.78 Å². The van der Waals surface area contributed by atoms with Crippen LogP contribution >= 0.6 is 0 Å². The zero-order chi connectivity index (χ0) is 23.1. The molecule has 1 saturated heterocycles. The summed E-state index contributed by atoms with van der Waals surface area (Å²) in [6.07, 6.45) is -5.34. The summed E-state index contributed by atoms with van der Waals surface area (Å²) in [6, 6.07) is 14.6. The van der Waals surface area contributed by atoms with Crippen LogP contribution in [-0.2, 0) is 0 Å². The van der Waals surface area contributed by atoms with Crippen LogP contribution in [0.5, 0.6) is 5.75 Å². The number of hydrogen-bond donors (Lipinski definition) is 3. The second kappa shape index (κ2) is 7.83. The van der Waals surface area contributed by atoms with Crippen molar-refractivity contribution in [1.29, 1.82) is 0 Å². The number of halogens is 3. The number of carbonyl (C=O) groups excluding carboxylic acids is 2. The van der Waals surface area contributed by atoms with E-state index in [0.29, 0.717) is 10.8 Å². The molecule has 0 aliphatic carbocycles. The Morgan fingerprint density at radius 2 is 1.69 bits per heavy atom. The Hall–Kier alpha value is -3.59. The van der Waals surface area contributed by atoms with Gasteiger partial charge in [-0.25, -0.2) is 4.79 Å². The summed E-state index contributed by atoms with van der Waals surface area (Å²) in [5.41, 5.74) is -3.69. The van der Waals surface area contributed by atoms with E-state index in [0.717, 1.165) is 0 Å². The third kappa shape index (κ3) is 3.44. The number of Topliss-reactive ketones (excluding diaryl/α,β-unsaturated/α-hetero) is 1. The van der Waals surface area contributed by atoms with E-state index >= 15 is 0 Å². The number of amides is 2. The molecule has 1 aliphatic heterocycles. The molecule has 3 aromatic rings. The van der Waals surface area contributed by atoms with Gasteiger partial charge >= 0.3 is 12.2 Å². The lowest BCUT2D eigenvalue weighted by Gasteiger charge is -2.45. The van der Waals surface area contributed by atoms with Gasteiger partial charge in [0.25, 0.3) is 0 Å². The first-order chi connectivity index (χ1) is 15.2. The molecule has 2 amide bonds. The summed E-state index contributed by atoms with van der Waals surface area (Å²) in [4.78, 5) is 25.7. The lowest BCUT2D eigenvalue weighted by atomic mass is 9.76. The minimum absolute atomic E-state index is 0.0395. The number of fused-ring (bicyclic) bond motifs is 1. The van der Waals surface area contributed by atoms with Crippen LogP contribution in [0.3, 0.4) is 0 Å². The number of ether oxygens (including phenoxy) is 1. The average molecular weight is 444 g/mol. The van der Waals surface area contributed by atoms with Crippen LogP contribution < -0.4 is 15.4 Å². The van der Waals surface area contributed by atoms with Crippen molar-refractivity contribution < 1.29 is 32.6 Å². The number of ketones is 1. The molecule has 6 nitrogen and oxygen atoms in total. The summed E-state index contributed by atoms with van der Waals surface area (Å²) in [7, 11) is 1.33. The predicted octanol–water partition coefficient (Wildman–Crippen LogP) is 3.95. The second-order valence-corrected chi connectivity index (χ2v) is 7.45. The van der Waals surface area contributed by atoms with Crippen molar-refractivity contribution in [2.24, 2.45) is 5.92 Å². The highest BCUT2D eigenvalue weighted by atomic mass is 19.4. The van der Waals surface area contributed by atoms with E-state index in [1.165, 1.54) is 36.7 Å². The molecule has 3 aromatic carbocycles. The molecule has 9 heteroatoms. The zero-order valence-corrected chi connectivity index (χ0v) is 16.8. The number of benzene rings is 3. The van der Waals surface area contributed by atoms with Crippen LogP contribution in [0, 0.1) is 5.92 Å². The fourth-order valence-corrected chi connectivity index (χ4v) is 4.14. The number of methoxy groups -OCH3 is 1. The molecule has 4 rings (SSSR count). The van der Waals surface area contributed by atoms with Crippen LogP contribution in [-0.4, -0.2) is 35.9 Å². The molecule has 0 saturated carbocycles. The molecule has 3 atom stereocenters. The van der Waals surface area contributed by atoms with Crippen molar-refractivity contribution in [2.45, 2.75) is 17.9 Å². The van der Waals surface area contributed by atoms with Crippen molar-refractivity contribution in [3.8, 4) is 5.75 Å². The number of hydrogen-bond acceptors (Lipinski definition) is 4. The first-order valence-corrected chi connectivity index (χ1v) is 9.70. The van der Waals surface area contributed by atoms with Gasteiger partial charge in [-0.3, -0.25) is 4.79 Å². The number of rotatable bonds is 4. The molecule has 3 N–H and O–H groups in total. The number of carbonyl (C=O) groups is 2. The van der Waals surface area contributed by atoms with Crippen LogP contribution in [0.4, 0.5) is 18.0 Å². The van der Waals surface area contributed by atoms with Gasteiger partial charge < -0.3 is 20.5 Å². The quantitative estimate of drug-likeness (QED) is 0.532. The Bertz CT molecular complexity index is 1180. The topological polar surface area (TPSA) is 87.7 Å². The highest BCUT2D eigenvalue weighted by Crippen LogP contribution is 2.47. The maximum absolute atomic E-state index is 14.1. The number of alkyl halides is 3. The van der Waals surface area contributed by atoms with Crippen LogP contribution in [0.25, 0.3) is 10.8 Å². The van der Waals surface area contributed by atoms with Crippen molar-refractivity contribution in [3.63, 3.8) is 0 Å². The second-order valence-electron chi connectivity index (χ2n) is 7.45. The summed E-state index contributed by atoms with van der Waals surface area (Å²) in [5, 5.41) is 15.9. The predicted molar refractivity (Wildman–Crippen MR) is 110 cm³/mol. The SMILES string of the molecule is COc1ccc2ccccc2c1[C@@H]1NC(=O)N[C@](O)(C(F)(F)F)[C@H]1C(=O)c1ccccc1. The highest BCUT2D eigenvalue weighted by molar-refractivity contribution is 6.01. The first kappa shape index (κ1) is 21.6. The maximum Gasteiger partial charge on any atom is 0.437 e. The number of aliphatic hydroxyl groups is 1. The first-order valence-electron chi connectivity index (χ1n) is 9.70. The van der Waals surface area contributed by atoms with Gasteiger partial charge in [0.2, 0.25) is 5.72 Å². The lowest BCUT2D eigenvalue weighted by molar-refractivity contribution is -0.287. The molecular weight excluding hydrogens is 425 g/mol. The van der Waals surface area contributed by atoms with Crippen LogP contribution in [0.2, 0.25) is 0 Å². The van der Waals surface area contributed by atoms with Gasteiger partial charge in [0.05, 0.1) is 13.2 Å². The fraction of sp³-hybridized carbons (Fsp3) is 0.217. The molecule has 0 bridgehead atoms. The molecule has 1 fully saturated rings. The summed E-state index contributed by atoms with van der Waals surface area (Å²) in [5.74, 6) is -2.95. The third-order valence-corrected chi connectivity index (χ3v) is 5.61. The van der Waals surface area contributed by atoms with Gasteiger partial charge in [-0.05, 0) is 16.8 Å². The molecule has 0 aromatic heterocycles. The van der Waals surface area contributed by atoms with E-state index < -0.39 is 35.7 Å². The maximum atomic E-state index is 14.1. The van der Waals surface area contributed by atoms with Gasteiger partial charge in [-0.2, -0.15) is 13.2 Å². The lowest BCUT2D eigenvalue weighted by Crippen LogP contribution is -2.72. The van der Waals surface area contributed by atoms with E-state index in [9.17, 15) is 27.9 Å². The van der Waals surface area contributed by atoms with Gasteiger partial charge in [-0.1, -0.05) is 60.7 Å². The monoisotopic (exact) mass is 444 g/mol. The Morgan fingerprint density at radius 1 is 1.03 bits per heavy atom. The number of nitrogens with one attached hydrogen (secondary N) is 2. The standard InChI is InChI=1S/C23H19F3N2O4/c1-32-16-12-11-13-7-5-6-10-15(13)17(16)19-18(20(29)14-8-3-2-4-9-14)22(31,23(24,25)26)28-21(30)27-19/h2-12,18-19,31H,1H3,(H2,27,28,30)/t18-,19+,22-/m1/s1. The molecule has 0 radical (unpaired) electrons. The smallest absolute Gasteiger partial charge is 0.437 e. The van der Waals surface area contributed by atoms with Crippen molar-refractivity contribution in [3.05, 3.63) is 77.9 Å². The molecular formula is C23H19F3N2O4. The van der Waals surface area contributed by atoms with E-state index in [4.69, 9.17) is 4.74 Å². The molecule has 32 heavy (non-hydrogen) atoms. The number of urea groups is 1. The summed E-state index contributed by atoms with van der Waals surface area (Å²) < 4.78 is 47.8. The van der Waals surface area contributed by atoms with Crippen LogP contribution in [0.1, 0.15) is 22.0 Å². The Labute approximate surface area is 181 Å². The molecule has 166 valence electrons. The average Bonchev–Trinajstić information content (AvgIpc) is 2.77. The Balaban J connectivity index is 2.00. The van der Waals surface area contributed by atoms with Crippen molar-refractivity contribution in [1.82, 2.24) is 10.6 Å². The van der Waals surface area contributed by atoms with E-state index in [1.807, 2.05) is 0 Å². The van der Waals surface area contributed by atoms with E-state index in [1.54, 1.807) is 42.5 Å². The summed E-state index contributed by atoms with van der Waals surface area (Å²) >= 11 is 0. The van der Waals surface area contributed by atoms with Gasteiger partial charge in [0, 0.05) is 11.1 Å². The Morgan fingerprint density at radius 3 is 2.34 bits per heavy atom. The molecule has 0 unspecified atom stereocenters. The van der Waals surface area contributed by atoms with Crippen molar-refractivity contribution >= 4 is 22.6 Å². The normalized spacial score (nSPS) is 23.3. The molecule has 0 spiro atoms. The Kier molecular flexibility index (Phi) is 5.29. The zero-order valence-electron chi connectivity index (χ0n) is 16.8. The fourth-order valence-electron chi connectivity index (χ4n) is 4.14. The minimum atomic E-state index is -5.34. The molecule has 1 heterocycles. The largest absolute Gasteiger partial charge is 0.496 e. The minimum Gasteiger partial charge on any atom is -0.496 e. The van der Waals surface area contributed by atoms with E-state index in [2.05, 4.69) is 5.32 Å². The van der Waals surface area contributed by atoms with Crippen molar-refractivity contribution in [2.75, 3.05) is 7.11 Å².